The van der Waals surface area contributed by atoms with E-state index in [0.29, 0.717) is 0 Å². The van der Waals surface area contributed by atoms with Crippen molar-refractivity contribution < 1.29 is 68.9 Å². The van der Waals surface area contributed by atoms with Gasteiger partial charge in [0.1, 0.15) is 0 Å². The van der Waals surface area contributed by atoms with Crippen LogP contribution < -0.4 is 68.9 Å². The van der Waals surface area contributed by atoms with Crippen molar-refractivity contribution in [2.75, 3.05) is 32.7 Å². The maximum absolute atomic E-state index is 4.23. The SMILES string of the molecule is CCN1CC[N-]CC1.[Cs+]. The second kappa shape index (κ2) is 6.67. The molecule has 0 aromatic heterocycles. The third-order valence-corrected chi connectivity index (χ3v) is 1.60. The van der Waals surface area contributed by atoms with Crippen molar-refractivity contribution in [3.63, 3.8) is 0 Å². The fourth-order valence-corrected chi connectivity index (χ4v) is 0.964. The first-order valence-corrected chi connectivity index (χ1v) is 3.29. The summed E-state index contributed by atoms with van der Waals surface area (Å²) in [6.07, 6.45) is 0. The fraction of sp³-hybridized carbons (Fsp3) is 1.00. The van der Waals surface area contributed by atoms with Crippen LogP contribution >= 0.6 is 0 Å². The van der Waals surface area contributed by atoms with Crippen LogP contribution in [0.3, 0.4) is 0 Å². The number of rotatable bonds is 1. The fourth-order valence-electron chi connectivity index (χ4n) is 0.964. The molecule has 1 saturated heterocycles. The van der Waals surface area contributed by atoms with E-state index in [9.17, 15) is 0 Å². The zero-order valence-electron chi connectivity index (χ0n) is 6.43. The van der Waals surface area contributed by atoms with E-state index in [1.54, 1.807) is 0 Å². The molecule has 3 heteroatoms. The van der Waals surface area contributed by atoms with Gasteiger partial charge in [-0.3, -0.25) is 0 Å². The van der Waals surface area contributed by atoms with Crippen LogP contribution in [0.5, 0.6) is 0 Å². The van der Waals surface area contributed by atoms with Crippen LogP contribution in [0.25, 0.3) is 5.32 Å². The van der Waals surface area contributed by atoms with Crippen LogP contribution in [0, 0.1) is 0 Å². The summed E-state index contributed by atoms with van der Waals surface area (Å²) in [4.78, 5) is 2.42. The Balaban J connectivity index is 0.000000640. The van der Waals surface area contributed by atoms with Crippen molar-refractivity contribution in [3.05, 3.63) is 5.32 Å². The standard InChI is InChI=1S/C6H13N2.Cs/c1-2-8-5-3-7-4-6-8;/h2-6H2,1H3;/q-1;+1. The van der Waals surface area contributed by atoms with Gasteiger partial charge in [-0.1, -0.05) is 6.92 Å². The quantitative estimate of drug-likeness (QED) is 0.508. The third-order valence-electron chi connectivity index (χ3n) is 1.60. The first-order valence-electron chi connectivity index (χ1n) is 3.29. The van der Waals surface area contributed by atoms with Gasteiger partial charge in [-0.15, -0.1) is 13.1 Å². The molecule has 1 heterocycles. The Morgan fingerprint density at radius 2 is 1.89 bits per heavy atom. The molecule has 0 amide bonds. The molecule has 48 valence electrons. The Morgan fingerprint density at radius 1 is 1.33 bits per heavy atom. The third kappa shape index (κ3) is 4.42. The van der Waals surface area contributed by atoms with Gasteiger partial charge in [-0.25, -0.2) is 0 Å². The Kier molecular flexibility index (Phi) is 8.13. The van der Waals surface area contributed by atoms with Crippen LogP contribution in [0.1, 0.15) is 6.92 Å². The average molecular weight is 246 g/mol. The van der Waals surface area contributed by atoms with Crippen LogP contribution in [0.4, 0.5) is 0 Å². The summed E-state index contributed by atoms with van der Waals surface area (Å²) in [5, 5.41) is 4.23. The molecular weight excluding hydrogens is 233 g/mol. The van der Waals surface area contributed by atoms with E-state index in [0.717, 1.165) is 13.1 Å². The molecule has 0 aromatic carbocycles. The van der Waals surface area contributed by atoms with E-state index >= 15 is 0 Å². The van der Waals surface area contributed by atoms with Crippen molar-refractivity contribution in [2.24, 2.45) is 0 Å². The topological polar surface area (TPSA) is 17.3 Å². The predicted octanol–water partition coefficient (Wildman–Crippen LogP) is -2.30. The molecule has 0 bridgehead atoms. The van der Waals surface area contributed by atoms with Crippen molar-refractivity contribution in [3.8, 4) is 0 Å². The molecule has 0 aromatic rings. The Bertz CT molecular complexity index is 62.1. The van der Waals surface area contributed by atoms with E-state index in [4.69, 9.17) is 0 Å². The summed E-state index contributed by atoms with van der Waals surface area (Å²) >= 11 is 0. The van der Waals surface area contributed by atoms with Crippen LogP contribution in [0.15, 0.2) is 0 Å². The van der Waals surface area contributed by atoms with Gasteiger partial charge in [0.15, 0.2) is 0 Å². The molecule has 0 saturated carbocycles. The van der Waals surface area contributed by atoms with Gasteiger partial charge in [-0.05, 0) is 19.6 Å². The summed E-state index contributed by atoms with van der Waals surface area (Å²) in [5.41, 5.74) is 0. The first-order chi connectivity index (χ1) is 3.93. The molecular formula is C6H13CsN2. The molecule has 9 heavy (non-hydrogen) atoms. The van der Waals surface area contributed by atoms with E-state index in [1.165, 1.54) is 19.6 Å². The van der Waals surface area contributed by atoms with E-state index < -0.39 is 0 Å². The van der Waals surface area contributed by atoms with Crippen molar-refractivity contribution in [1.29, 1.82) is 0 Å². The van der Waals surface area contributed by atoms with E-state index in [1.807, 2.05) is 0 Å². The van der Waals surface area contributed by atoms with Gasteiger partial charge in [0, 0.05) is 0 Å². The number of hydrogen-bond acceptors (Lipinski definition) is 1. The van der Waals surface area contributed by atoms with Gasteiger partial charge in [0.05, 0.1) is 0 Å². The van der Waals surface area contributed by atoms with Crippen molar-refractivity contribution in [2.45, 2.75) is 6.92 Å². The molecule has 0 atom stereocenters. The molecule has 1 fully saturated rings. The molecule has 0 aliphatic carbocycles. The summed E-state index contributed by atoms with van der Waals surface area (Å²) < 4.78 is 0. The first kappa shape index (κ1) is 11.0. The Morgan fingerprint density at radius 3 is 2.22 bits per heavy atom. The molecule has 0 radical (unpaired) electrons. The maximum Gasteiger partial charge on any atom is 1.00 e. The molecule has 2 nitrogen and oxygen atoms in total. The van der Waals surface area contributed by atoms with Crippen LogP contribution in [-0.4, -0.2) is 37.6 Å². The number of likely N-dealkylation sites (N-methyl/N-ethyl adjacent to an activating group) is 1. The molecule has 0 spiro atoms. The van der Waals surface area contributed by atoms with Crippen molar-refractivity contribution in [1.82, 2.24) is 4.90 Å². The van der Waals surface area contributed by atoms with Gasteiger partial charge < -0.3 is 10.2 Å². The zero-order valence-corrected chi connectivity index (χ0v) is 12.7. The largest absolute Gasteiger partial charge is 1.00 e. The normalized spacial score (nSPS) is 21.0. The van der Waals surface area contributed by atoms with Gasteiger partial charge in [-0.2, -0.15) is 0 Å². The number of hydrogen-bond donors (Lipinski definition) is 0. The molecule has 1 aliphatic rings. The predicted molar refractivity (Wildman–Crippen MR) is 35.2 cm³/mol. The Labute approximate surface area is 116 Å². The molecule has 0 unspecified atom stereocenters. The van der Waals surface area contributed by atoms with E-state index in [2.05, 4.69) is 17.1 Å². The number of piperazine rings is 1. The minimum Gasteiger partial charge on any atom is -0.660 e. The maximum atomic E-state index is 4.23. The molecule has 1 rings (SSSR count). The monoisotopic (exact) mass is 246 g/mol. The molecule has 0 N–H and O–H groups in total. The summed E-state index contributed by atoms with van der Waals surface area (Å²) in [5.74, 6) is 0. The minimum atomic E-state index is 0. The number of nitrogens with zero attached hydrogens (tertiary/aromatic N) is 2. The summed E-state index contributed by atoms with van der Waals surface area (Å²) in [7, 11) is 0. The van der Waals surface area contributed by atoms with Gasteiger partial charge >= 0.3 is 68.9 Å². The second-order valence-electron chi connectivity index (χ2n) is 2.11. The van der Waals surface area contributed by atoms with Gasteiger partial charge in [0.25, 0.3) is 0 Å². The van der Waals surface area contributed by atoms with Gasteiger partial charge in [0.2, 0.25) is 0 Å². The average Bonchev–Trinajstić information content (AvgIpc) is 1.90. The van der Waals surface area contributed by atoms with Crippen LogP contribution in [-0.2, 0) is 0 Å². The summed E-state index contributed by atoms with van der Waals surface area (Å²) in [6.45, 7) is 7.84. The summed E-state index contributed by atoms with van der Waals surface area (Å²) in [6, 6.07) is 0. The minimum absolute atomic E-state index is 0. The molecule has 1 aliphatic heterocycles. The zero-order chi connectivity index (χ0) is 5.82. The Hall–Kier alpha value is 1.97. The van der Waals surface area contributed by atoms with Crippen molar-refractivity contribution >= 4 is 0 Å². The second-order valence-corrected chi connectivity index (χ2v) is 2.11. The smallest absolute Gasteiger partial charge is 0.660 e. The van der Waals surface area contributed by atoms with Crippen LogP contribution in [0.2, 0.25) is 0 Å². The van der Waals surface area contributed by atoms with E-state index in [-0.39, 0.29) is 68.9 Å².